The first kappa shape index (κ1) is 22.7. The topological polar surface area (TPSA) is 52.6 Å². The van der Waals surface area contributed by atoms with Gasteiger partial charge in [-0.3, -0.25) is 0 Å². The van der Waals surface area contributed by atoms with E-state index in [1.165, 1.54) is 25.0 Å². The van der Waals surface area contributed by atoms with Crippen molar-refractivity contribution in [2.24, 2.45) is 5.92 Å². The van der Waals surface area contributed by atoms with Crippen LogP contribution in [0.25, 0.3) is 15.8 Å². The number of hydrogen-bond acceptors (Lipinski definition) is 6. The van der Waals surface area contributed by atoms with E-state index in [-0.39, 0.29) is 0 Å². The van der Waals surface area contributed by atoms with E-state index in [1.54, 1.807) is 24.4 Å². The van der Waals surface area contributed by atoms with E-state index in [0.29, 0.717) is 12.5 Å². The molecule has 0 bridgehead atoms. The zero-order chi connectivity index (χ0) is 22.5. The van der Waals surface area contributed by atoms with Gasteiger partial charge in [0.1, 0.15) is 5.75 Å². The summed E-state index contributed by atoms with van der Waals surface area (Å²) in [5.41, 5.74) is 5.78. The Hall–Kier alpha value is -2.44. The lowest BCUT2D eigenvalue weighted by molar-refractivity contribution is -0.0136. The van der Waals surface area contributed by atoms with E-state index in [4.69, 9.17) is 19.2 Å². The number of anilines is 1. The third-order valence-electron chi connectivity index (χ3n) is 5.90. The van der Waals surface area contributed by atoms with Gasteiger partial charge in [0.15, 0.2) is 5.09 Å². The zero-order valence-electron chi connectivity index (χ0n) is 19.4. The number of aromatic nitrogens is 1. The Morgan fingerprint density at radius 3 is 2.59 bits per heavy atom. The highest BCUT2D eigenvalue weighted by atomic mass is 32.2. The van der Waals surface area contributed by atoms with Crippen LogP contribution < -0.4 is 10.1 Å². The molecule has 1 aliphatic carbocycles. The fourth-order valence-corrected chi connectivity index (χ4v) is 4.66. The predicted molar refractivity (Wildman–Crippen MR) is 134 cm³/mol. The lowest BCUT2D eigenvalue weighted by Crippen LogP contribution is -2.33. The molecule has 1 N–H and O–H groups in total. The molecule has 32 heavy (non-hydrogen) atoms. The average Bonchev–Trinajstić information content (AvgIpc) is 2.72. The Bertz CT molecular complexity index is 1060. The summed E-state index contributed by atoms with van der Waals surface area (Å²) in [4.78, 5) is 5.98. The highest BCUT2D eigenvalue weighted by molar-refractivity contribution is 8.11. The Morgan fingerprint density at radius 2 is 2.03 bits per heavy atom. The Balaban J connectivity index is 1.68. The number of benzene rings is 1. The zero-order valence-corrected chi connectivity index (χ0v) is 20.2. The molecule has 0 radical (unpaired) electrons. The maximum Gasteiger partial charge on any atom is 0.153 e. The van der Waals surface area contributed by atoms with Crippen molar-refractivity contribution in [3.05, 3.63) is 58.5 Å². The van der Waals surface area contributed by atoms with Crippen LogP contribution in [0.2, 0.25) is 0 Å². The SMILES string of the molecule is C/C=C(/OC)S/C(=C\C)c1cc(OCC)c2cc(NC(=C3CCC3)C3COC3)ccc2n1. The summed E-state index contributed by atoms with van der Waals surface area (Å²) in [6, 6.07) is 8.38. The van der Waals surface area contributed by atoms with Gasteiger partial charge in [0.25, 0.3) is 0 Å². The van der Waals surface area contributed by atoms with Crippen LogP contribution >= 0.6 is 11.8 Å². The van der Waals surface area contributed by atoms with Gasteiger partial charge < -0.3 is 19.5 Å². The highest BCUT2D eigenvalue weighted by Crippen LogP contribution is 2.39. The molecule has 1 saturated carbocycles. The normalized spacial score (nSPS) is 17.1. The van der Waals surface area contributed by atoms with Gasteiger partial charge in [-0.05, 0) is 64.3 Å². The molecular weight excluding hydrogens is 420 g/mol. The van der Waals surface area contributed by atoms with Crippen LogP contribution in [0.5, 0.6) is 5.75 Å². The molecule has 2 aliphatic rings. The summed E-state index contributed by atoms with van der Waals surface area (Å²) in [7, 11) is 1.69. The number of rotatable bonds is 9. The minimum absolute atomic E-state index is 0.490. The van der Waals surface area contributed by atoms with Gasteiger partial charge in [-0.15, -0.1) is 0 Å². The van der Waals surface area contributed by atoms with Crippen LogP contribution in [0.3, 0.4) is 0 Å². The van der Waals surface area contributed by atoms with Crippen molar-refractivity contribution in [2.75, 3.05) is 32.2 Å². The largest absolute Gasteiger partial charge is 0.493 e. The van der Waals surface area contributed by atoms with E-state index in [0.717, 1.165) is 51.2 Å². The molecule has 2 fully saturated rings. The Labute approximate surface area is 194 Å². The maximum atomic E-state index is 6.05. The first-order valence-electron chi connectivity index (χ1n) is 11.4. The Kier molecular flexibility index (Phi) is 7.43. The van der Waals surface area contributed by atoms with E-state index in [2.05, 4.69) is 29.6 Å². The summed E-state index contributed by atoms with van der Waals surface area (Å²) in [6.07, 6.45) is 7.70. The molecule has 2 heterocycles. The lowest BCUT2D eigenvalue weighted by Gasteiger charge is -2.34. The van der Waals surface area contributed by atoms with Crippen molar-refractivity contribution in [1.29, 1.82) is 0 Å². The first-order chi connectivity index (χ1) is 15.7. The number of hydrogen-bond donors (Lipinski definition) is 1. The molecule has 170 valence electrons. The lowest BCUT2D eigenvalue weighted by atomic mass is 9.85. The number of nitrogens with one attached hydrogen (secondary N) is 1. The van der Waals surface area contributed by atoms with Gasteiger partial charge in [-0.1, -0.05) is 23.4 Å². The van der Waals surface area contributed by atoms with Crippen molar-refractivity contribution >= 4 is 33.3 Å². The van der Waals surface area contributed by atoms with Crippen LogP contribution in [0, 0.1) is 5.92 Å². The van der Waals surface area contributed by atoms with E-state index < -0.39 is 0 Å². The molecule has 1 aromatic carbocycles. The smallest absolute Gasteiger partial charge is 0.153 e. The summed E-state index contributed by atoms with van der Waals surface area (Å²) in [6.45, 7) is 8.22. The molecule has 1 aliphatic heterocycles. The maximum absolute atomic E-state index is 6.05. The molecule has 0 unspecified atom stereocenters. The van der Waals surface area contributed by atoms with Gasteiger partial charge in [-0.25, -0.2) is 4.98 Å². The van der Waals surface area contributed by atoms with Crippen molar-refractivity contribution in [2.45, 2.75) is 40.0 Å². The van der Waals surface area contributed by atoms with Gasteiger partial charge >= 0.3 is 0 Å². The standard InChI is InChI=1S/C26H32N2O3S/c1-5-24(32-25(6-2)29-4)22-14-23(31-7-3)20-13-19(11-12-21(20)28-22)27-26(17-9-8-10-17)18-15-30-16-18/h5-6,11-14,18,27H,7-10,15-16H2,1-4H3/b24-5-,25-6-. The number of methoxy groups -OCH3 is 1. The number of pyridine rings is 1. The Morgan fingerprint density at radius 1 is 1.22 bits per heavy atom. The summed E-state index contributed by atoms with van der Waals surface area (Å²) in [5.74, 6) is 1.34. The van der Waals surface area contributed by atoms with Crippen LogP contribution in [-0.4, -0.2) is 31.9 Å². The molecule has 0 amide bonds. The third-order valence-corrected chi connectivity index (χ3v) is 7.16. The molecule has 1 aromatic heterocycles. The second kappa shape index (κ2) is 10.5. The van der Waals surface area contributed by atoms with Crippen LogP contribution in [0.4, 0.5) is 5.69 Å². The van der Waals surface area contributed by atoms with Crippen LogP contribution in [0.1, 0.15) is 45.7 Å². The average molecular weight is 453 g/mol. The van der Waals surface area contributed by atoms with Crippen molar-refractivity contribution in [3.63, 3.8) is 0 Å². The van der Waals surface area contributed by atoms with Crippen molar-refractivity contribution in [1.82, 2.24) is 4.98 Å². The van der Waals surface area contributed by atoms with Crippen molar-refractivity contribution in [3.8, 4) is 5.75 Å². The molecule has 1 saturated heterocycles. The molecule has 0 spiro atoms. The molecule has 5 nitrogen and oxygen atoms in total. The molecule has 6 heteroatoms. The van der Waals surface area contributed by atoms with Crippen LogP contribution in [0.15, 0.2) is 52.8 Å². The number of thioether (sulfide) groups is 1. The monoisotopic (exact) mass is 452 g/mol. The summed E-state index contributed by atoms with van der Waals surface area (Å²) >= 11 is 1.57. The van der Waals surface area contributed by atoms with Gasteiger partial charge in [-0.2, -0.15) is 0 Å². The van der Waals surface area contributed by atoms with Gasteiger partial charge in [0.05, 0.1) is 38.1 Å². The number of allylic oxidation sites excluding steroid dienone is 3. The molecule has 0 atom stereocenters. The number of ether oxygens (including phenoxy) is 3. The van der Waals surface area contributed by atoms with Gasteiger partial charge in [0, 0.05) is 33.7 Å². The number of nitrogens with zero attached hydrogens (tertiary/aromatic N) is 1. The minimum Gasteiger partial charge on any atom is -0.493 e. The van der Waals surface area contributed by atoms with Crippen LogP contribution in [-0.2, 0) is 9.47 Å². The van der Waals surface area contributed by atoms with Crippen molar-refractivity contribution < 1.29 is 14.2 Å². The van der Waals surface area contributed by atoms with E-state index >= 15 is 0 Å². The molecule has 2 aromatic rings. The quantitative estimate of drug-likeness (QED) is 0.426. The second-order valence-corrected chi connectivity index (χ2v) is 9.01. The van der Waals surface area contributed by atoms with E-state index in [1.807, 2.05) is 32.9 Å². The highest BCUT2D eigenvalue weighted by Gasteiger charge is 2.28. The third kappa shape index (κ3) is 4.81. The molecule has 4 rings (SSSR count). The fourth-order valence-electron chi connectivity index (χ4n) is 3.92. The predicted octanol–water partition coefficient (Wildman–Crippen LogP) is 6.73. The summed E-state index contributed by atoms with van der Waals surface area (Å²) < 4.78 is 16.9. The second-order valence-electron chi connectivity index (χ2n) is 7.97. The number of fused-ring (bicyclic) bond motifs is 1. The fraction of sp³-hybridized carbons (Fsp3) is 0.423. The van der Waals surface area contributed by atoms with E-state index in [9.17, 15) is 0 Å². The minimum atomic E-state index is 0.490. The van der Waals surface area contributed by atoms with Gasteiger partial charge in [0.2, 0.25) is 0 Å². The molecular formula is C26H32N2O3S. The first-order valence-corrected chi connectivity index (χ1v) is 12.2. The summed E-state index contributed by atoms with van der Waals surface area (Å²) in [5, 5.41) is 5.57.